The molecule has 0 atom stereocenters. The molecule has 22 heavy (non-hydrogen) atoms. The Morgan fingerprint density at radius 3 is 2.23 bits per heavy atom. The van der Waals surface area contributed by atoms with Crippen LogP contribution in [0, 0.1) is 0 Å². The summed E-state index contributed by atoms with van der Waals surface area (Å²) >= 11 is 0. The zero-order chi connectivity index (χ0) is 15.3. The number of ketones is 1. The Balaban J connectivity index is 0.00000441. The van der Waals surface area contributed by atoms with Crippen LogP contribution in [-0.2, 0) is 6.54 Å². The number of rotatable bonds is 12. The van der Waals surface area contributed by atoms with Gasteiger partial charge in [0.1, 0.15) is 6.54 Å². The first-order valence-electron chi connectivity index (χ1n) is 8.80. The minimum Gasteiger partial charge on any atom is -1.00 e. The number of hydrogen-bond acceptors (Lipinski definition) is 1. The zero-order valence-electron chi connectivity index (χ0n) is 14.3. The zero-order valence-corrected chi connectivity index (χ0v) is 15.9. The molecule has 1 aromatic heterocycles. The van der Waals surface area contributed by atoms with Crippen molar-refractivity contribution in [2.75, 3.05) is 0 Å². The molecule has 0 unspecified atom stereocenters. The standard InChI is InChI=1S/C19H32NO.BrH/c1-3-5-6-7-8-9-10-11-14-19(21)18-13-12-16-20(17-18)15-4-2;/h12-13,16-17H,3-11,14-15H2,1-2H3;1H/q+1;/p-1. The molecule has 1 aromatic rings. The van der Waals surface area contributed by atoms with E-state index in [9.17, 15) is 4.79 Å². The van der Waals surface area contributed by atoms with Crippen LogP contribution in [0.15, 0.2) is 24.5 Å². The predicted octanol–water partition coefficient (Wildman–Crippen LogP) is 2.10. The van der Waals surface area contributed by atoms with E-state index in [0.717, 1.165) is 24.9 Å². The minimum absolute atomic E-state index is 0. The molecule has 0 aliphatic rings. The number of pyridine rings is 1. The van der Waals surface area contributed by atoms with Gasteiger partial charge in [-0.2, -0.15) is 0 Å². The lowest BCUT2D eigenvalue weighted by molar-refractivity contribution is -0.697. The van der Waals surface area contributed by atoms with E-state index in [1.54, 1.807) is 0 Å². The van der Waals surface area contributed by atoms with Crippen LogP contribution in [0.1, 0.15) is 88.4 Å². The number of aryl methyl sites for hydroxylation is 1. The van der Waals surface area contributed by atoms with Crippen LogP contribution >= 0.6 is 0 Å². The van der Waals surface area contributed by atoms with Crippen LogP contribution in [-0.4, -0.2) is 5.78 Å². The molecular formula is C19H32BrNO. The normalized spacial score (nSPS) is 10.3. The van der Waals surface area contributed by atoms with Crippen LogP contribution in [0.25, 0.3) is 0 Å². The summed E-state index contributed by atoms with van der Waals surface area (Å²) in [4.78, 5) is 12.2. The van der Waals surface area contributed by atoms with Gasteiger partial charge in [-0.05, 0) is 12.5 Å². The summed E-state index contributed by atoms with van der Waals surface area (Å²) in [6.07, 6.45) is 16.1. The maximum Gasteiger partial charge on any atom is 0.179 e. The van der Waals surface area contributed by atoms with E-state index >= 15 is 0 Å². The van der Waals surface area contributed by atoms with Gasteiger partial charge < -0.3 is 17.0 Å². The third-order valence-corrected chi connectivity index (χ3v) is 3.92. The highest BCUT2D eigenvalue weighted by molar-refractivity contribution is 5.95. The fraction of sp³-hybridized carbons (Fsp3) is 0.684. The van der Waals surface area contributed by atoms with Crippen molar-refractivity contribution in [2.24, 2.45) is 0 Å². The van der Waals surface area contributed by atoms with E-state index in [2.05, 4.69) is 18.4 Å². The first kappa shape index (κ1) is 21.3. The van der Waals surface area contributed by atoms with Crippen molar-refractivity contribution in [1.82, 2.24) is 0 Å². The maximum atomic E-state index is 12.2. The van der Waals surface area contributed by atoms with Crippen molar-refractivity contribution < 1.29 is 26.3 Å². The molecule has 3 heteroatoms. The van der Waals surface area contributed by atoms with Crippen molar-refractivity contribution in [3.8, 4) is 0 Å². The molecule has 0 saturated carbocycles. The molecule has 2 nitrogen and oxygen atoms in total. The molecule has 1 heterocycles. The molecule has 0 amide bonds. The SMILES string of the molecule is CCCCCCCCCCC(=O)c1ccc[n+](CCC)c1.[Br-]. The van der Waals surface area contributed by atoms with Gasteiger partial charge in [-0.15, -0.1) is 0 Å². The summed E-state index contributed by atoms with van der Waals surface area (Å²) in [5.74, 6) is 0.298. The van der Waals surface area contributed by atoms with Gasteiger partial charge in [0, 0.05) is 18.9 Å². The largest absolute Gasteiger partial charge is 1.00 e. The van der Waals surface area contributed by atoms with Crippen LogP contribution < -0.4 is 21.5 Å². The predicted molar refractivity (Wildman–Crippen MR) is 88.5 cm³/mol. The molecule has 0 saturated heterocycles. The number of Topliss-reactive ketones (excluding diaryl/α,β-unsaturated/α-hetero) is 1. The Labute approximate surface area is 147 Å². The first-order valence-corrected chi connectivity index (χ1v) is 8.80. The second-order valence-corrected chi connectivity index (χ2v) is 5.98. The number of hydrogen-bond donors (Lipinski definition) is 0. The topological polar surface area (TPSA) is 20.9 Å². The number of carbonyl (C=O) groups is 1. The molecule has 0 fully saturated rings. The molecule has 1 rings (SSSR count). The lowest BCUT2D eigenvalue weighted by Gasteiger charge is -2.02. The summed E-state index contributed by atoms with van der Waals surface area (Å²) in [6.45, 7) is 5.39. The molecule has 0 aliphatic carbocycles. The van der Waals surface area contributed by atoms with Gasteiger partial charge in [-0.25, -0.2) is 4.57 Å². The first-order chi connectivity index (χ1) is 10.3. The van der Waals surface area contributed by atoms with Gasteiger partial charge >= 0.3 is 0 Å². The summed E-state index contributed by atoms with van der Waals surface area (Å²) in [6, 6.07) is 3.93. The van der Waals surface area contributed by atoms with Gasteiger partial charge in [0.2, 0.25) is 0 Å². The summed E-state index contributed by atoms with van der Waals surface area (Å²) in [5, 5.41) is 0. The van der Waals surface area contributed by atoms with Crippen LogP contribution in [0.5, 0.6) is 0 Å². The number of aromatic nitrogens is 1. The van der Waals surface area contributed by atoms with Crippen molar-refractivity contribution >= 4 is 5.78 Å². The van der Waals surface area contributed by atoms with E-state index in [0.29, 0.717) is 12.2 Å². The van der Waals surface area contributed by atoms with Crippen LogP contribution in [0.2, 0.25) is 0 Å². The van der Waals surface area contributed by atoms with E-state index in [-0.39, 0.29) is 17.0 Å². The average molecular weight is 370 g/mol. The number of halogens is 1. The van der Waals surface area contributed by atoms with Gasteiger partial charge in [0.25, 0.3) is 0 Å². The van der Waals surface area contributed by atoms with Crippen molar-refractivity contribution in [1.29, 1.82) is 0 Å². The molecule has 0 spiro atoms. The van der Waals surface area contributed by atoms with E-state index in [4.69, 9.17) is 0 Å². The molecule has 126 valence electrons. The molecule has 0 radical (unpaired) electrons. The fourth-order valence-corrected chi connectivity index (χ4v) is 2.65. The Morgan fingerprint density at radius 2 is 1.59 bits per heavy atom. The quantitative estimate of drug-likeness (QED) is 0.314. The Bertz CT molecular complexity index is 406. The van der Waals surface area contributed by atoms with Crippen molar-refractivity contribution in [3.05, 3.63) is 30.1 Å². The van der Waals surface area contributed by atoms with Crippen molar-refractivity contribution in [3.63, 3.8) is 0 Å². The fourth-order valence-electron chi connectivity index (χ4n) is 2.65. The highest BCUT2D eigenvalue weighted by Gasteiger charge is 2.09. The van der Waals surface area contributed by atoms with Gasteiger partial charge in [0.05, 0.1) is 5.56 Å². The third-order valence-electron chi connectivity index (χ3n) is 3.92. The summed E-state index contributed by atoms with van der Waals surface area (Å²) in [5.41, 5.74) is 0.869. The molecule has 0 aliphatic heterocycles. The van der Waals surface area contributed by atoms with E-state index < -0.39 is 0 Å². The maximum absolute atomic E-state index is 12.2. The molecule has 0 aromatic carbocycles. The Kier molecular flexibility index (Phi) is 13.5. The lowest BCUT2D eigenvalue weighted by atomic mass is 10.0. The molecule has 0 N–H and O–H groups in total. The average Bonchev–Trinajstić information content (AvgIpc) is 2.50. The van der Waals surface area contributed by atoms with E-state index in [1.807, 2.05) is 24.5 Å². The highest BCUT2D eigenvalue weighted by Crippen LogP contribution is 2.11. The highest BCUT2D eigenvalue weighted by atomic mass is 79.9. The van der Waals surface area contributed by atoms with Gasteiger partial charge in [-0.3, -0.25) is 4.79 Å². The second kappa shape index (κ2) is 13.9. The van der Waals surface area contributed by atoms with Crippen LogP contribution in [0.4, 0.5) is 0 Å². The smallest absolute Gasteiger partial charge is 0.179 e. The Hall–Kier alpha value is -0.700. The monoisotopic (exact) mass is 369 g/mol. The third kappa shape index (κ3) is 9.34. The minimum atomic E-state index is 0. The van der Waals surface area contributed by atoms with E-state index in [1.165, 1.54) is 44.9 Å². The molecule has 0 bridgehead atoms. The summed E-state index contributed by atoms with van der Waals surface area (Å²) < 4.78 is 2.11. The van der Waals surface area contributed by atoms with Gasteiger partial charge in [-0.1, -0.05) is 58.8 Å². The van der Waals surface area contributed by atoms with Gasteiger partial charge in [0.15, 0.2) is 18.2 Å². The number of nitrogens with zero attached hydrogens (tertiary/aromatic N) is 1. The lowest BCUT2D eigenvalue weighted by Crippen LogP contribution is -3.00. The summed E-state index contributed by atoms with van der Waals surface area (Å²) in [7, 11) is 0. The second-order valence-electron chi connectivity index (χ2n) is 5.98. The molecular weight excluding hydrogens is 338 g/mol. The number of unbranched alkanes of at least 4 members (excludes halogenated alkanes) is 7. The Morgan fingerprint density at radius 1 is 0.955 bits per heavy atom. The number of carbonyl (C=O) groups excluding carboxylic acids is 1. The van der Waals surface area contributed by atoms with Crippen molar-refractivity contribution in [2.45, 2.75) is 84.6 Å². The van der Waals surface area contributed by atoms with Crippen LogP contribution in [0.3, 0.4) is 0 Å².